The number of aromatic carboxylic acids is 1. The van der Waals surface area contributed by atoms with Gasteiger partial charge in [0.2, 0.25) is 11.5 Å². The van der Waals surface area contributed by atoms with Gasteiger partial charge in [0.1, 0.15) is 11.5 Å². The van der Waals surface area contributed by atoms with Gasteiger partial charge in [-0.25, -0.2) is 14.8 Å². The molecule has 2 aromatic heterocycles. The zero-order valence-electron chi connectivity index (χ0n) is 12.5. The zero-order valence-corrected chi connectivity index (χ0v) is 12.5. The summed E-state index contributed by atoms with van der Waals surface area (Å²) in [5, 5.41) is 19.2. The van der Waals surface area contributed by atoms with Gasteiger partial charge < -0.3 is 15.3 Å². The molecule has 10 nitrogen and oxygen atoms in total. The first-order valence-corrected chi connectivity index (χ1v) is 6.89. The van der Waals surface area contributed by atoms with Gasteiger partial charge in [0.05, 0.1) is 11.8 Å². The number of nitrogens with zero attached hydrogens (tertiary/aromatic N) is 3. The van der Waals surface area contributed by atoms with Crippen LogP contribution in [-0.4, -0.2) is 33.5 Å². The van der Waals surface area contributed by atoms with Crippen LogP contribution in [0.15, 0.2) is 50.5 Å². The van der Waals surface area contributed by atoms with Crippen molar-refractivity contribution in [2.45, 2.75) is 0 Å². The van der Waals surface area contributed by atoms with Crippen molar-refractivity contribution in [1.29, 1.82) is 0 Å². The molecule has 1 aromatic carbocycles. The smallest absolute Gasteiger partial charge is 0.335 e. The van der Waals surface area contributed by atoms with Crippen LogP contribution in [0, 0.1) is 0 Å². The molecule has 2 heterocycles. The van der Waals surface area contributed by atoms with Crippen LogP contribution in [-0.2, 0) is 0 Å². The van der Waals surface area contributed by atoms with E-state index in [9.17, 15) is 9.59 Å². The van der Waals surface area contributed by atoms with E-state index in [2.05, 4.69) is 25.5 Å². The lowest BCUT2D eigenvalue weighted by Crippen LogP contribution is -2.19. The molecule has 0 spiro atoms. The van der Waals surface area contributed by atoms with Crippen LogP contribution in [0.2, 0.25) is 0 Å². The molecular weight excluding hydrogens is 330 g/mol. The highest BCUT2D eigenvalue weighted by Crippen LogP contribution is 2.22. The number of carbonyl (C=O) groups excluding carboxylic acids is 1. The second kappa shape index (κ2) is 6.66. The highest BCUT2D eigenvalue weighted by atomic mass is 16.6. The topological polar surface area (TPSA) is 157 Å². The Bertz CT molecular complexity index is 941. The molecule has 25 heavy (non-hydrogen) atoms. The molecule has 3 aromatic rings. The molecule has 126 valence electrons. The van der Waals surface area contributed by atoms with Crippen LogP contribution in [0.3, 0.4) is 0 Å². The highest BCUT2D eigenvalue weighted by Gasteiger charge is 2.15. The predicted molar refractivity (Wildman–Crippen MR) is 84.9 cm³/mol. The van der Waals surface area contributed by atoms with Gasteiger partial charge in [-0.3, -0.25) is 4.79 Å². The van der Waals surface area contributed by atoms with Gasteiger partial charge in [-0.15, -0.1) is 0 Å². The molecule has 0 bridgehead atoms. The van der Waals surface area contributed by atoms with E-state index in [0.717, 1.165) is 0 Å². The van der Waals surface area contributed by atoms with E-state index in [1.807, 2.05) is 0 Å². The molecule has 3 rings (SSSR count). The molecule has 0 atom stereocenters. The van der Waals surface area contributed by atoms with Gasteiger partial charge in [0, 0.05) is 5.56 Å². The fourth-order valence-electron chi connectivity index (χ4n) is 1.91. The molecule has 0 fully saturated rings. The van der Waals surface area contributed by atoms with Crippen molar-refractivity contribution in [2.24, 2.45) is 5.10 Å². The third kappa shape index (κ3) is 3.52. The summed E-state index contributed by atoms with van der Waals surface area (Å²) in [5.41, 5.74) is 8.31. The quantitative estimate of drug-likeness (QED) is 0.464. The number of hydrazone groups is 1. The number of nitrogen functional groups attached to an aromatic ring is 1. The Morgan fingerprint density at radius 2 is 1.92 bits per heavy atom. The van der Waals surface area contributed by atoms with Crippen molar-refractivity contribution in [3.05, 3.63) is 53.4 Å². The van der Waals surface area contributed by atoms with E-state index in [-0.39, 0.29) is 17.1 Å². The molecule has 0 aliphatic heterocycles. The summed E-state index contributed by atoms with van der Waals surface area (Å²) in [6, 6.07) is 9.55. The number of aromatic nitrogens is 2. The molecule has 0 aliphatic carbocycles. The van der Waals surface area contributed by atoms with Crippen molar-refractivity contribution in [2.75, 3.05) is 5.73 Å². The van der Waals surface area contributed by atoms with Gasteiger partial charge in [-0.1, -0.05) is 12.1 Å². The molecule has 0 unspecified atom stereocenters. The number of carboxylic acids is 1. The zero-order chi connectivity index (χ0) is 17.8. The van der Waals surface area contributed by atoms with Crippen molar-refractivity contribution in [3.8, 4) is 11.3 Å². The first-order chi connectivity index (χ1) is 12.0. The maximum Gasteiger partial charge on any atom is 0.335 e. The molecule has 0 saturated carbocycles. The molecule has 0 saturated heterocycles. The maximum atomic E-state index is 11.7. The Kier molecular flexibility index (Phi) is 4.24. The standard InChI is InChI=1S/C15H11N5O5/c16-13-12(19-25-20-13)14(21)18-17-7-10-5-6-11(24-10)8-1-3-9(4-2-8)15(22)23/h1-7H,(H2,16,20)(H,18,21)(H,22,23)/b17-7+. The molecule has 0 aliphatic rings. The highest BCUT2D eigenvalue weighted by molar-refractivity contribution is 5.96. The van der Waals surface area contributed by atoms with Crippen molar-refractivity contribution in [3.63, 3.8) is 0 Å². The van der Waals surface area contributed by atoms with Crippen molar-refractivity contribution in [1.82, 2.24) is 15.7 Å². The van der Waals surface area contributed by atoms with Gasteiger partial charge in [0.15, 0.2) is 0 Å². The maximum absolute atomic E-state index is 11.7. The summed E-state index contributed by atoms with van der Waals surface area (Å²) in [6.07, 6.45) is 1.29. The van der Waals surface area contributed by atoms with E-state index in [1.54, 1.807) is 24.3 Å². The van der Waals surface area contributed by atoms with Crippen molar-refractivity contribution < 1.29 is 23.7 Å². The van der Waals surface area contributed by atoms with Crippen LogP contribution in [0.1, 0.15) is 26.6 Å². The molecule has 10 heteroatoms. The Hall–Kier alpha value is -3.95. The Morgan fingerprint density at radius 1 is 1.16 bits per heavy atom. The number of nitrogens with two attached hydrogens (primary N) is 1. The van der Waals surface area contributed by atoms with E-state index in [1.165, 1.54) is 18.3 Å². The van der Waals surface area contributed by atoms with Crippen LogP contribution >= 0.6 is 0 Å². The third-order valence-corrected chi connectivity index (χ3v) is 3.13. The van der Waals surface area contributed by atoms with Crippen LogP contribution in [0.4, 0.5) is 5.82 Å². The largest absolute Gasteiger partial charge is 0.478 e. The fraction of sp³-hybridized carbons (Fsp3) is 0. The lowest BCUT2D eigenvalue weighted by Gasteiger charge is -1.98. The normalized spacial score (nSPS) is 10.9. The Labute approximate surface area is 139 Å². The molecule has 0 radical (unpaired) electrons. The summed E-state index contributed by atoms with van der Waals surface area (Å²) >= 11 is 0. The first-order valence-electron chi connectivity index (χ1n) is 6.89. The summed E-state index contributed by atoms with van der Waals surface area (Å²) in [4.78, 5) is 22.5. The number of amides is 1. The number of anilines is 1. The Balaban J connectivity index is 1.66. The lowest BCUT2D eigenvalue weighted by atomic mass is 10.1. The van der Waals surface area contributed by atoms with Gasteiger partial charge in [-0.2, -0.15) is 5.10 Å². The summed E-state index contributed by atoms with van der Waals surface area (Å²) in [7, 11) is 0. The number of benzene rings is 1. The fourth-order valence-corrected chi connectivity index (χ4v) is 1.91. The molecule has 4 N–H and O–H groups in total. The van der Waals surface area contributed by atoms with Crippen molar-refractivity contribution >= 4 is 23.9 Å². The number of carbonyl (C=O) groups is 2. The van der Waals surface area contributed by atoms with Gasteiger partial charge >= 0.3 is 5.97 Å². The first kappa shape index (κ1) is 15.9. The summed E-state index contributed by atoms with van der Waals surface area (Å²) in [6.45, 7) is 0. The number of hydrogen-bond donors (Lipinski definition) is 3. The second-order valence-corrected chi connectivity index (χ2v) is 4.78. The van der Waals surface area contributed by atoms with E-state index in [4.69, 9.17) is 15.3 Å². The number of carboxylic acid groups (broad SMARTS) is 1. The van der Waals surface area contributed by atoms with E-state index >= 15 is 0 Å². The van der Waals surface area contributed by atoms with Crippen LogP contribution in [0.5, 0.6) is 0 Å². The predicted octanol–water partition coefficient (Wildman–Crippen LogP) is 1.37. The SMILES string of the molecule is Nc1nonc1C(=O)N/N=C/c1ccc(-c2ccc(C(=O)O)cc2)o1. The molecular formula is C15H11N5O5. The minimum Gasteiger partial charge on any atom is -0.478 e. The minimum atomic E-state index is -1.00. The van der Waals surface area contributed by atoms with E-state index < -0.39 is 11.9 Å². The monoisotopic (exact) mass is 341 g/mol. The summed E-state index contributed by atoms with van der Waals surface area (Å²) < 4.78 is 9.86. The average molecular weight is 341 g/mol. The Morgan fingerprint density at radius 3 is 2.56 bits per heavy atom. The minimum absolute atomic E-state index is 0.141. The van der Waals surface area contributed by atoms with Gasteiger partial charge in [-0.05, 0) is 34.6 Å². The third-order valence-electron chi connectivity index (χ3n) is 3.13. The number of nitrogens with one attached hydrogen (secondary N) is 1. The lowest BCUT2D eigenvalue weighted by molar-refractivity contribution is 0.0696. The number of rotatable bonds is 5. The summed E-state index contributed by atoms with van der Waals surface area (Å²) in [5.74, 6) is -0.917. The second-order valence-electron chi connectivity index (χ2n) is 4.78. The average Bonchev–Trinajstić information content (AvgIpc) is 3.24. The van der Waals surface area contributed by atoms with Gasteiger partial charge in [0.25, 0.3) is 5.91 Å². The van der Waals surface area contributed by atoms with E-state index in [0.29, 0.717) is 17.1 Å². The molecule has 1 amide bonds. The number of hydrogen-bond acceptors (Lipinski definition) is 8. The van der Waals surface area contributed by atoms with Crippen LogP contribution < -0.4 is 11.2 Å². The number of furan rings is 1. The van der Waals surface area contributed by atoms with Crippen LogP contribution in [0.25, 0.3) is 11.3 Å².